The fourth-order valence-corrected chi connectivity index (χ4v) is 4.75. The molecule has 9 nitrogen and oxygen atoms in total. The summed E-state index contributed by atoms with van der Waals surface area (Å²) in [6.45, 7) is 3.93. The lowest BCUT2D eigenvalue weighted by Crippen LogP contribution is -2.33. The Kier molecular flexibility index (Phi) is 7.71. The van der Waals surface area contributed by atoms with E-state index in [1.165, 1.54) is 18.6 Å². The third-order valence-corrected chi connectivity index (χ3v) is 6.75. The number of carbonyl (C=O) groups excluding carboxylic acids is 1. The molecule has 1 aromatic heterocycles. The van der Waals surface area contributed by atoms with E-state index in [4.69, 9.17) is 0 Å². The zero-order chi connectivity index (χ0) is 24.9. The minimum absolute atomic E-state index is 0.0463. The standard InChI is InChI=1S/C23H24F2N6O3S/c1-15(29-11-3-2-4-12-29)22-27-28-23(30(22)17-7-5-16(24)6-8-17)35-14-21(32)26-20-13-18(31(33)34)9-10-19(20)25/h5-10,13,15H,2-4,11-12,14H2,1H3,(H,26,32). The maximum atomic E-state index is 14.0. The number of hydrogen-bond acceptors (Lipinski definition) is 7. The second-order valence-electron chi connectivity index (χ2n) is 8.18. The first-order chi connectivity index (χ1) is 16.8. The number of thioether (sulfide) groups is 1. The molecule has 1 atom stereocenters. The van der Waals surface area contributed by atoms with E-state index in [-0.39, 0.29) is 29.0 Å². The number of nitrogens with one attached hydrogen (secondary N) is 1. The van der Waals surface area contributed by atoms with E-state index in [1.54, 1.807) is 16.7 Å². The number of likely N-dealkylation sites (tertiary alicyclic amines) is 1. The van der Waals surface area contributed by atoms with Crippen LogP contribution in [-0.2, 0) is 4.79 Å². The number of carbonyl (C=O) groups is 1. The van der Waals surface area contributed by atoms with E-state index in [2.05, 4.69) is 20.4 Å². The molecule has 1 saturated heterocycles. The second-order valence-corrected chi connectivity index (χ2v) is 9.13. The molecule has 1 N–H and O–H groups in total. The fraction of sp³-hybridized carbons (Fsp3) is 0.348. The van der Waals surface area contributed by atoms with Crippen molar-refractivity contribution in [1.82, 2.24) is 19.7 Å². The van der Waals surface area contributed by atoms with E-state index >= 15 is 0 Å². The van der Waals surface area contributed by atoms with Gasteiger partial charge in [-0.1, -0.05) is 18.2 Å². The van der Waals surface area contributed by atoms with Crippen molar-refractivity contribution in [3.8, 4) is 5.69 Å². The number of non-ortho nitro benzene ring substituents is 1. The van der Waals surface area contributed by atoms with Gasteiger partial charge in [-0.15, -0.1) is 10.2 Å². The van der Waals surface area contributed by atoms with Gasteiger partial charge in [0.1, 0.15) is 11.6 Å². The highest BCUT2D eigenvalue weighted by molar-refractivity contribution is 7.99. The molecule has 35 heavy (non-hydrogen) atoms. The molecule has 1 aliphatic heterocycles. The number of nitro groups is 1. The Morgan fingerprint density at radius 3 is 2.54 bits per heavy atom. The van der Waals surface area contributed by atoms with Gasteiger partial charge >= 0.3 is 0 Å². The van der Waals surface area contributed by atoms with E-state index in [1.807, 2.05) is 6.92 Å². The number of benzene rings is 2. The molecule has 2 heterocycles. The number of anilines is 1. The summed E-state index contributed by atoms with van der Waals surface area (Å²) in [5, 5.41) is 22.4. The maximum Gasteiger partial charge on any atom is 0.271 e. The molecule has 0 spiro atoms. The second kappa shape index (κ2) is 10.9. The van der Waals surface area contributed by atoms with Crippen LogP contribution in [0.4, 0.5) is 20.2 Å². The zero-order valence-electron chi connectivity index (χ0n) is 19.0. The molecule has 184 valence electrons. The lowest BCUT2D eigenvalue weighted by molar-refractivity contribution is -0.384. The Morgan fingerprint density at radius 2 is 1.86 bits per heavy atom. The Bertz CT molecular complexity index is 1210. The lowest BCUT2D eigenvalue weighted by Gasteiger charge is -2.31. The number of nitro benzene ring substituents is 1. The van der Waals surface area contributed by atoms with Gasteiger partial charge in [0, 0.05) is 17.8 Å². The summed E-state index contributed by atoms with van der Waals surface area (Å²) in [4.78, 5) is 25.1. The summed E-state index contributed by atoms with van der Waals surface area (Å²) in [5.41, 5.74) is 0.0499. The van der Waals surface area contributed by atoms with Crippen molar-refractivity contribution in [2.75, 3.05) is 24.2 Å². The molecule has 0 aliphatic carbocycles. The quantitative estimate of drug-likeness (QED) is 0.270. The van der Waals surface area contributed by atoms with Crippen LogP contribution in [-0.4, -0.2) is 49.3 Å². The molecule has 2 aromatic carbocycles. The first-order valence-corrected chi connectivity index (χ1v) is 12.1. The van der Waals surface area contributed by atoms with Gasteiger partial charge in [0.15, 0.2) is 11.0 Å². The minimum Gasteiger partial charge on any atom is -0.323 e. The van der Waals surface area contributed by atoms with Gasteiger partial charge < -0.3 is 5.32 Å². The molecule has 4 rings (SSSR count). The number of amides is 1. The highest BCUT2D eigenvalue weighted by Crippen LogP contribution is 2.30. The van der Waals surface area contributed by atoms with Crippen molar-refractivity contribution >= 4 is 29.0 Å². The molecule has 0 saturated carbocycles. The average Bonchev–Trinajstić information content (AvgIpc) is 3.28. The summed E-state index contributed by atoms with van der Waals surface area (Å²) < 4.78 is 29.4. The van der Waals surface area contributed by atoms with Gasteiger partial charge in [0.25, 0.3) is 5.69 Å². The van der Waals surface area contributed by atoms with Crippen molar-refractivity contribution in [1.29, 1.82) is 0 Å². The van der Waals surface area contributed by atoms with Crippen molar-refractivity contribution < 1.29 is 18.5 Å². The SMILES string of the molecule is CC(c1nnc(SCC(=O)Nc2cc([N+](=O)[O-])ccc2F)n1-c1ccc(F)cc1)N1CCCCC1. The lowest BCUT2D eigenvalue weighted by atomic mass is 10.1. The van der Waals surface area contributed by atoms with Crippen LogP contribution in [0.2, 0.25) is 0 Å². The number of halogens is 2. The van der Waals surface area contributed by atoms with Crippen LogP contribution in [0.15, 0.2) is 47.6 Å². The monoisotopic (exact) mass is 502 g/mol. The predicted molar refractivity (Wildman–Crippen MR) is 128 cm³/mol. The Hall–Kier alpha value is -3.38. The molecule has 1 fully saturated rings. The molecule has 12 heteroatoms. The summed E-state index contributed by atoms with van der Waals surface area (Å²) in [6, 6.07) is 8.80. The molecular formula is C23H24F2N6O3S. The highest BCUT2D eigenvalue weighted by atomic mass is 32.2. The number of hydrogen-bond donors (Lipinski definition) is 1. The van der Waals surface area contributed by atoms with E-state index in [9.17, 15) is 23.7 Å². The maximum absolute atomic E-state index is 14.0. The van der Waals surface area contributed by atoms with Crippen LogP contribution in [0.3, 0.4) is 0 Å². The normalized spacial score (nSPS) is 15.1. The van der Waals surface area contributed by atoms with E-state index in [0.29, 0.717) is 16.7 Å². The van der Waals surface area contributed by atoms with Crippen molar-refractivity contribution in [2.24, 2.45) is 0 Å². The van der Waals surface area contributed by atoms with Crippen molar-refractivity contribution in [3.05, 3.63) is 70.0 Å². The van der Waals surface area contributed by atoms with Gasteiger partial charge in [-0.3, -0.25) is 24.4 Å². The predicted octanol–water partition coefficient (Wildman–Crippen LogP) is 4.73. The Balaban J connectivity index is 1.55. The van der Waals surface area contributed by atoms with E-state index < -0.39 is 16.6 Å². The largest absolute Gasteiger partial charge is 0.323 e. The van der Waals surface area contributed by atoms with Crippen LogP contribution >= 0.6 is 11.8 Å². The smallest absolute Gasteiger partial charge is 0.271 e. The molecule has 3 aromatic rings. The average molecular weight is 503 g/mol. The molecule has 1 unspecified atom stereocenters. The van der Waals surface area contributed by atoms with Crippen LogP contribution in [0.1, 0.15) is 38.1 Å². The van der Waals surface area contributed by atoms with Crippen LogP contribution in [0.5, 0.6) is 0 Å². The summed E-state index contributed by atoms with van der Waals surface area (Å²) >= 11 is 1.08. The number of aromatic nitrogens is 3. The van der Waals surface area contributed by atoms with Crippen molar-refractivity contribution in [2.45, 2.75) is 37.4 Å². The van der Waals surface area contributed by atoms with Gasteiger partial charge in [-0.2, -0.15) is 0 Å². The van der Waals surface area contributed by atoms with Gasteiger partial charge in [0.05, 0.1) is 22.4 Å². The van der Waals surface area contributed by atoms with Crippen molar-refractivity contribution in [3.63, 3.8) is 0 Å². The molecule has 1 aliphatic rings. The highest BCUT2D eigenvalue weighted by Gasteiger charge is 2.26. The Labute approximate surface area is 204 Å². The van der Waals surface area contributed by atoms with Crippen LogP contribution < -0.4 is 5.32 Å². The third-order valence-electron chi connectivity index (χ3n) is 5.82. The molecule has 0 bridgehead atoms. The summed E-state index contributed by atoms with van der Waals surface area (Å²) in [7, 11) is 0. The summed E-state index contributed by atoms with van der Waals surface area (Å²) in [5.74, 6) is -1.18. The molecule has 0 radical (unpaired) electrons. The fourth-order valence-electron chi connectivity index (χ4n) is 3.99. The van der Waals surface area contributed by atoms with Crippen LogP contribution in [0, 0.1) is 21.7 Å². The zero-order valence-corrected chi connectivity index (χ0v) is 19.8. The first-order valence-electron chi connectivity index (χ1n) is 11.2. The molecule has 1 amide bonds. The first kappa shape index (κ1) is 24.7. The third kappa shape index (κ3) is 5.82. The van der Waals surface area contributed by atoms with Gasteiger partial charge in [0.2, 0.25) is 5.91 Å². The summed E-state index contributed by atoms with van der Waals surface area (Å²) in [6.07, 6.45) is 3.39. The number of piperidine rings is 1. The minimum atomic E-state index is -0.777. The van der Waals surface area contributed by atoms with E-state index in [0.717, 1.165) is 55.9 Å². The Morgan fingerprint density at radius 1 is 1.14 bits per heavy atom. The van der Waals surface area contributed by atoms with Gasteiger partial charge in [-0.05, 0) is 63.2 Å². The molecular weight excluding hydrogens is 478 g/mol. The topological polar surface area (TPSA) is 106 Å². The number of rotatable bonds is 8. The number of nitrogens with zero attached hydrogens (tertiary/aromatic N) is 5. The van der Waals surface area contributed by atoms with Gasteiger partial charge in [-0.25, -0.2) is 8.78 Å². The van der Waals surface area contributed by atoms with Crippen LogP contribution in [0.25, 0.3) is 5.69 Å².